The molecule has 2 aliphatic rings. The number of carboxylic acid groups (broad SMARTS) is 1. The normalized spacial score (nSPS) is 21.9. The number of likely N-dealkylation sites (tertiary alicyclic amines) is 1. The zero-order valence-corrected chi connectivity index (χ0v) is 12.0. The zero-order chi connectivity index (χ0) is 14.8. The average Bonchev–Trinajstić information content (AvgIpc) is 3.10. The van der Waals surface area contributed by atoms with Gasteiger partial charge in [-0.05, 0) is 36.7 Å². The van der Waals surface area contributed by atoms with Crippen molar-refractivity contribution in [3.8, 4) is 0 Å². The van der Waals surface area contributed by atoms with Crippen LogP contribution in [0.25, 0.3) is 6.08 Å². The number of aliphatic carboxylic acids is 1. The molecule has 6 nitrogen and oxygen atoms in total. The summed E-state index contributed by atoms with van der Waals surface area (Å²) in [4.78, 5) is 29.2. The van der Waals surface area contributed by atoms with Gasteiger partial charge in [-0.25, -0.2) is 0 Å². The van der Waals surface area contributed by atoms with Crippen LogP contribution in [0.2, 0.25) is 0 Å². The van der Waals surface area contributed by atoms with Gasteiger partial charge in [0.15, 0.2) is 5.17 Å². The molecule has 1 aromatic heterocycles. The van der Waals surface area contributed by atoms with Gasteiger partial charge in [-0.3, -0.25) is 4.79 Å². The molecule has 0 unspecified atom stereocenters. The van der Waals surface area contributed by atoms with Gasteiger partial charge in [-0.2, -0.15) is 4.99 Å². The molecule has 21 heavy (non-hydrogen) atoms. The first-order valence-corrected chi connectivity index (χ1v) is 7.47. The molecule has 0 N–H and O–H groups in total. The largest absolute Gasteiger partial charge is 0.550 e. The van der Waals surface area contributed by atoms with Gasteiger partial charge in [0.25, 0.3) is 5.91 Å². The van der Waals surface area contributed by atoms with E-state index in [4.69, 9.17) is 4.42 Å². The van der Waals surface area contributed by atoms with Gasteiger partial charge in [-0.15, -0.1) is 0 Å². The number of hydrogen-bond donors (Lipinski definition) is 0. The third kappa shape index (κ3) is 3.02. The van der Waals surface area contributed by atoms with Crippen LogP contribution in [0, 0.1) is 5.92 Å². The summed E-state index contributed by atoms with van der Waals surface area (Å²) < 4.78 is 5.19. The smallest absolute Gasteiger partial charge is 0.286 e. The highest BCUT2D eigenvalue weighted by Crippen LogP contribution is 2.32. The second-order valence-electron chi connectivity index (χ2n) is 4.91. The van der Waals surface area contributed by atoms with Crippen molar-refractivity contribution in [1.82, 2.24) is 4.90 Å². The first-order chi connectivity index (χ1) is 10.1. The van der Waals surface area contributed by atoms with Gasteiger partial charge in [0.1, 0.15) is 5.76 Å². The second-order valence-corrected chi connectivity index (χ2v) is 5.92. The van der Waals surface area contributed by atoms with E-state index in [-0.39, 0.29) is 5.91 Å². The molecule has 0 bridgehead atoms. The summed E-state index contributed by atoms with van der Waals surface area (Å²) in [6.07, 6.45) is 4.25. The van der Waals surface area contributed by atoms with E-state index in [0.29, 0.717) is 41.8 Å². The Kier molecular flexibility index (Phi) is 3.83. The lowest BCUT2D eigenvalue weighted by Gasteiger charge is -2.32. The topological polar surface area (TPSA) is 85.9 Å². The van der Waals surface area contributed by atoms with Crippen LogP contribution in [0.5, 0.6) is 0 Å². The first-order valence-electron chi connectivity index (χ1n) is 6.65. The lowest BCUT2D eigenvalue weighted by atomic mass is 9.98. The molecule has 3 heterocycles. The maximum atomic E-state index is 11.9. The van der Waals surface area contributed by atoms with Crippen molar-refractivity contribution in [2.45, 2.75) is 12.8 Å². The fraction of sp³-hybridized carbons (Fsp3) is 0.357. The fourth-order valence-electron chi connectivity index (χ4n) is 2.34. The number of rotatable bonds is 2. The summed E-state index contributed by atoms with van der Waals surface area (Å²) in [5.41, 5.74) is 0. The summed E-state index contributed by atoms with van der Waals surface area (Å²) in [5.74, 6) is -1.07. The molecule has 0 saturated carbocycles. The van der Waals surface area contributed by atoms with Crippen LogP contribution in [-0.4, -0.2) is 35.0 Å². The molecular formula is C14H13N2O4S-. The number of thioether (sulfide) groups is 1. The third-order valence-corrected chi connectivity index (χ3v) is 4.57. The van der Waals surface area contributed by atoms with E-state index in [0.717, 1.165) is 0 Å². The lowest BCUT2D eigenvalue weighted by Crippen LogP contribution is -2.42. The van der Waals surface area contributed by atoms with E-state index in [1.165, 1.54) is 11.8 Å². The van der Waals surface area contributed by atoms with Crippen molar-refractivity contribution in [3.05, 3.63) is 29.1 Å². The van der Waals surface area contributed by atoms with Gasteiger partial charge in [-0.1, -0.05) is 0 Å². The molecule has 1 fully saturated rings. The lowest BCUT2D eigenvalue weighted by molar-refractivity contribution is -0.312. The minimum atomic E-state index is -0.995. The average molecular weight is 305 g/mol. The molecule has 1 aromatic rings. The summed E-state index contributed by atoms with van der Waals surface area (Å²) in [6.45, 7) is 1.15. The summed E-state index contributed by atoms with van der Waals surface area (Å²) in [6, 6.07) is 3.52. The Morgan fingerprint density at radius 2 is 2.24 bits per heavy atom. The number of hydrogen-bond acceptors (Lipinski definition) is 6. The van der Waals surface area contributed by atoms with E-state index in [1.807, 2.05) is 4.90 Å². The third-order valence-electron chi connectivity index (χ3n) is 3.52. The SMILES string of the molecule is O=C1N=C(N2CCC(C(=O)[O-])CC2)S/C1=C\c1ccco1. The number of nitrogens with zero attached hydrogens (tertiary/aromatic N) is 2. The highest BCUT2D eigenvalue weighted by molar-refractivity contribution is 8.18. The predicted molar refractivity (Wildman–Crippen MR) is 76.0 cm³/mol. The first kappa shape index (κ1) is 13.9. The van der Waals surface area contributed by atoms with Crippen LogP contribution in [0.4, 0.5) is 0 Å². The van der Waals surface area contributed by atoms with Crippen molar-refractivity contribution in [2.75, 3.05) is 13.1 Å². The standard InChI is InChI=1S/C14H14N2O4S/c17-12-11(8-10-2-1-7-20-10)21-14(15-12)16-5-3-9(4-6-16)13(18)19/h1-2,7-9H,3-6H2,(H,18,19)/p-1/b11-8-. The quantitative estimate of drug-likeness (QED) is 0.748. The molecule has 0 aromatic carbocycles. The fourth-order valence-corrected chi connectivity index (χ4v) is 3.29. The molecule has 3 rings (SSSR count). The molecule has 110 valence electrons. The van der Waals surface area contributed by atoms with Crippen LogP contribution in [0.1, 0.15) is 18.6 Å². The number of aliphatic imine (C=N–C) groups is 1. The van der Waals surface area contributed by atoms with E-state index >= 15 is 0 Å². The Bertz CT molecular complexity index is 613. The Morgan fingerprint density at radius 1 is 1.48 bits per heavy atom. The highest BCUT2D eigenvalue weighted by Gasteiger charge is 2.29. The van der Waals surface area contributed by atoms with Crippen molar-refractivity contribution < 1.29 is 19.1 Å². The molecule has 0 radical (unpaired) electrons. The maximum absolute atomic E-state index is 11.9. The van der Waals surface area contributed by atoms with Crippen LogP contribution >= 0.6 is 11.8 Å². The van der Waals surface area contributed by atoms with Gasteiger partial charge >= 0.3 is 0 Å². The van der Waals surface area contributed by atoms with Crippen LogP contribution < -0.4 is 5.11 Å². The minimum Gasteiger partial charge on any atom is -0.550 e. The monoisotopic (exact) mass is 305 g/mol. The molecule has 1 saturated heterocycles. The number of amidine groups is 1. The molecular weight excluding hydrogens is 292 g/mol. The van der Waals surface area contributed by atoms with Crippen molar-refractivity contribution >= 4 is 34.9 Å². The molecule has 0 spiro atoms. The number of piperidine rings is 1. The highest BCUT2D eigenvalue weighted by atomic mass is 32.2. The number of amides is 1. The van der Waals surface area contributed by atoms with Crippen LogP contribution in [-0.2, 0) is 9.59 Å². The van der Waals surface area contributed by atoms with Crippen molar-refractivity contribution in [2.24, 2.45) is 10.9 Å². The Balaban J connectivity index is 1.65. The molecule has 0 aliphatic carbocycles. The number of carboxylic acids is 1. The summed E-state index contributed by atoms with van der Waals surface area (Å²) in [5, 5.41) is 11.5. The second kappa shape index (κ2) is 5.77. The Labute approximate surface area is 125 Å². The van der Waals surface area contributed by atoms with E-state index in [9.17, 15) is 14.7 Å². The molecule has 7 heteroatoms. The predicted octanol–water partition coefficient (Wildman–Crippen LogP) is 0.712. The maximum Gasteiger partial charge on any atom is 0.286 e. The summed E-state index contributed by atoms with van der Waals surface area (Å²) in [7, 11) is 0. The van der Waals surface area contributed by atoms with E-state index in [1.54, 1.807) is 24.5 Å². The van der Waals surface area contributed by atoms with Gasteiger partial charge < -0.3 is 19.2 Å². The molecule has 0 atom stereocenters. The van der Waals surface area contributed by atoms with Gasteiger partial charge in [0.05, 0.1) is 11.2 Å². The number of furan rings is 1. The molecule has 1 amide bonds. The number of carbonyl (C=O) groups excluding carboxylic acids is 2. The van der Waals surface area contributed by atoms with Gasteiger partial charge in [0, 0.05) is 31.1 Å². The van der Waals surface area contributed by atoms with E-state index in [2.05, 4.69) is 4.99 Å². The summed E-state index contributed by atoms with van der Waals surface area (Å²) >= 11 is 1.30. The van der Waals surface area contributed by atoms with Crippen LogP contribution in [0.15, 0.2) is 32.7 Å². The van der Waals surface area contributed by atoms with E-state index < -0.39 is 11.9 Å². The minimum absolute atomic E-state index is 0.284. The Hall–Kier alpha value is -2.02. The van der Waals surface area contributed by atoms with Crippen LogP contribution in [0.3, 0.4) is 0 Å². The number of carbonyl (C=O) groups is 2. The van der Waals surface area contributed by atoms with Gasteiger partial charge in [0.2, 0.25) is 0 Å². The zero-order valence-electron chi connectivity index (χ0n) is 11.2. The Morgan fingerprint density at radius 3 is 2.86 bits per heavy atom. The van der Waals surface area contributed by atoms with Crippen molar-refractivity contribution in [1.29, 1.82) is 0 Å². The van der Waals surface area contributed by atoms with Crippen molar-refractivity contribution in [3.63, 3.8) is 0 Å². The molecule has 2 aliphatic heterocycles.